The van der Waals surface area contributed by atoms with Gasteiger partial charge in [-0.25, -0.2) is 0 Å². The third-order valence-electron chi connectivity index (χ3n) is 5.01. The molecule has 3 N–H and O–H groups in total. The molecule has 1 fully saturated rings. The Balaban J connectivity index is 1.43. The van der Waals surface area contributed by atoms with Crippen LogP contribution in [0.3, 0.4) is 0 Å². The molecule has 0 aliphatic carbocycles. The van der Waals surface area contributed by atoms with Crippen LogP contribution in [0.1, 0.15) is 44.1 Å². The monoisotopic (exact) mass is 388 g/mol. The predicted molar refractivity (Wildman–Crippen MR) is 111 cm³/mol. The molecule has 2 atom stereocenters. The summed E-state index contributed by atoms with van der Waals surface area (Å²) in [4.78, 5) is 16.7. The molecule has 0 spiro atoms. The minimum atomic E-state index is 0.0558. The fourth-order valence-corrected chi connectivity index (χ4v) is 3.58. The average Bonchev–Trinajstić information content (AvgIpc) is 3.21. The number of para-hydroxylation sites is 1. The average molecular weight is 389 g/mol. The third-order valence-corrected chi connectivity index (χ3v) is 5.01. The smallest absolute Gasteiger partial charge is 0.225 e. The number of benzene rings is 1. The van der Waals surface area contributed by atoms with Gasteiger partial charge in [-0.2, -0.15) is 0 Å². The number of aliphatic imine (C=N–C) groups is 1. The van der Waals surface area contributed by atoms with Crippen molar-refractivity contribution in [3.8, 4) is 0 Å². The summed E-state index contributed by atoms with van der Waals surface area (Å²) in [6.45, 7) is 6.48. The van der Waals surface area contributed by atoms with Crippen molar-refractivity contribution in [1.29, 1.82) is 0 Å². The highest BCUT2D eigenvalue weighted by Crippen LogP contribution is 2.31. The van der Waals surface area contributed by atoms with Crippen molar-refractivity contribution in [3.05, 3.63) is 29.8 Å². The van der Waals surface area contributed by atoms with E-state index in [-0.39, 0.29) is 17.9 Å². The minimum absolute atomic E-state index is 0.0558. The fourth-order valence-electron chi connectivity index (χ4n) is 3.58. The van der Waals surface area contributed by atoms with Gasteiger partial charge in [0.25, 0.3) is 0 Å². The molecule has 0 bridgehead atoms. The summed E-state index contributed by atoms with van der Waals surface area (Å²) in [5.74, 6) is 0.945. The molecule has 1 saturated heterocycles. The number of fused-ring (bicyclic) bond motifs is 1. The maximum atomic E-state index is 12.0. The van der Waals surface area contributed by atoms with Crippen LogP contribution in [0, 0.1) is 0 Å². The number of hydrogen-bond donors (Lipinski definition) is 3. The summed E-state index contributed by atoms with van der Waals surface area (Å²) < 4.78 is 11.2. The van der Waals surface area contributed by atoms with Gasteiger partial charge in [0.15, 0.2) is 5.96 Å². The number of amides is 1. The number of guanidine groups is 1. The van der Waals surface area contributed by atoms with Gasteiger partial charge in [-0.15, -0.1) is 0 Å². The summed E-state index contributed by atoms with van der Waals surface area (Å²) in [7, 11) is 0. The Labute approximate surface area is 167 Å². The van der Waals surface area contributed by atoms with E-state index < -0.39 is 0 Å². The number of anilines is 1. The van der Waals surface area contributed by atoms with Gasteiger partial charge < -0.3 is 25.4 Å². The highest BCUT2D eigenvalue weighted by atomic mass is 16.5. The van der Waals surface area contributed by atoms with Crippen molar-refractivity contribution < 1.29 is 14.3 Å². The van der Waals surface area contributed by atoms with Crippen molar-refractivity contribution in [1.82, 2.24) is 10.6 Å². The first kappa shape index (κ1) is 20.6. The minimum Gasteiger partial charge on any atom is -0.379 e. The maximum Gasteiger partial charge on any atom is 0.225 e. The van der Waals surface area contributed by atoms with Crippen LogP contribution >= 0.6 is 0 Å². The van der Waals surface area contributed by atoms with Crippen LogP contribution in [0.4, 0.5) is 5.69 Å². The summed E-state index contributed by atoms with van der Waals surface area (Å²) >= 11 is 0. The molecule has 0 aromatic heterocycles. The molecular formula is C21H32N4O3. The quantitative estimate of drug-likeness (QED) is 0.343. The lowest BCUT2D eigenvalue weighted by Gasteiger charge is -2.24. The Morgan fingerprint density at radius 3 is 3.07 bits per heavy atom. The van der Waals surface area contributed by atoms with Gasteiger partial charge in [0.1, 0.15) is 0 Å². The lowest BCUT2D eigenvalue weighted by Crippen LogP contribution is -2.38. The fraction of sp³-hybridized carbons (Fsp3) is 0.619. The van der Waals surface area contributed by atoms with Gasteiger partial charge in [0.05, 0.1) is 19.3 Å². The van der Waals surface area contributed by atoms with E-state index >= 15 is 0 Å². The zero-order chi connectivity index (χ0) is 19.6. The maximum absolute atomic E-state index is 12.0. The number of nitrogens with zero attached hydrogens (tertiary/aromatic N) is 1. The van der Waals surface area contributed by atoms with Gasteiger partial charge in [0, 0.05) is 44.3 Å². The van der Waals surface area contributed by atoms with Gasteiger partial charge in [0.2, 0.25) is 5.91 Å². The normalized spacial score (nSPS) is 21.9. The third kappa shape index (κ3) is 6.21. The van der Waals surface area contributed by atoms with Gasteiger partial charge in [-0.3, -0.25) is 9.79 Å². The van der Waals surface area contributed by atoms with E-state index in [0.29, 0.717) is 26.2 Å². The summed E-state index contributed by atoms with van der Waals surface area (Å²) in [5, 5.41) is 9.56. The molecular weight excluding hydrogens is 356 g/mol. The van der Waals surface area contributed by atoms with Crippen LogP contribution in [0.15, 0.2) is 29.3 Å². The first-order chi connectivity index (χ1) is 13.8. The topological polar surface area (TPSA) is 84.0 Å². The van der Waals surface area contributed by atoms with Crippen LogP contribution in [-0.4, -0.2) is 57.4 Å². The van der Waals surface area contributed by atoms with E-state index in [2.05, 4.69) is 22.0 Å². The molecule has 1 amide bonds. The molecule has 7 nitrogen and oxygen atoms in total. The van der Waals surface area contributed by atoms with E-state index in [0.717, 1.165) is 56.2 Å². The predicted octanol–water partition coefficient (Wildman–Crippen LogP) is 2.25. The van der Waals surface area contributed by atoms with E-state index in [9.17, 15) is 4.79 Å². The molecule has 0 radical (unpaired) electrons. The number of carbonyl (C=O) groups excluding carboxylic acids is 1. The second kappa shape index (κ2) is 11.0. The van der Waals surface area contributed by atoms with Crippen LogP contribution < -0.4 is 16.0 Å². The number of carbonyl (C=O) groups is 1. The Morgan fingerprint density at radius 2 is 2.25 bits per heavy atom. The van der Waals surface area contributed by atoms with Crippen molar-refractivity contribution in [2.45, 2.75) is 44.6 Å². The highest BCUT2D eigenvalue weighted by Gasteiger charge is 2.24. The highest BCUT2D eigenvalue weighted by molar-refractivity contribution is 5.94. The SMILES string of the molecule is CCNC(=NCC1CC(=O)Nc2ccccc21)NCCCOCC1CCCO1. The number of rotatable bonds is 9. The van der Waals surface area contributed by atoms with Crippen molar-refractivity contribution in [3.63, 3.8) is 0 Å². The Kier molecular flexibility index (Phi) is 8.11. The molecule has 154 valence electrons. The van der Waals surface area contributed by atoms with E-state index in [1.165, 1.54) is 0 Å². The van der Waals surface area contributed by atoms with Crippen LogP contribution in [0.5, 0.6) is 0 Å². The second-order valence-corrected chi connectivity index (χ2v) is 7.25. The van der Waals surface area contributed by atoms with Gasteiger partial charge in [-0.1, -0.05) is 18.2 Å². The Bertz CT molecular complexity index is 659. The van der Waals surface area contributed by atoms with Crippen LogP contribution in [-0.2, 0) is 14.3 Å². The molecule has 0 saturated carbocycles. The van der Waals surface area contributed by atoms with Crippen molar-refractivity contribution >= 4 is 17.6 Å². The molecule has 2 unspecified atom stereocenters. The van der Waals surface area contributed by atoms with Crippen LogP contribution in [0.2, 0.25) is 0 Å². The standard InChI is InChI=1S/C21H32N4O3/c1-2-22-21(23-10-6-11-27-15-17-7-5-12-28-17)24-14-16-13-20(26)25-19-9-4-3-8-18(16)19/h3-4,8-9,16-17H,2,5-7,10-15H2,1H3,(H,25,26)(H2,22,23,24). The molecule has 1 aromatic carbocycles. The molecule has 2 aliphatic heterocycles. The number of nitrogens with one attached hydrogen (secondary N) is 3. The zero-order valence-corrected chi connectivity index (χ0v) is 16.7. The molecule has 2 heterocycles. The zero-order valence-electron chi connectivity index (χ0n) is 16.7. The van der Waals surface area contributed by atoms with Crippen molar-refractivity contribution in [2.75, 3.05) is 44.8 Å². The first-order valence-corrected chi connectivity index (χ1v) is 10.4. The van der Waals surface area contributed by atoms with Crippen LogP contribution in [0.25, 0.3) is 0 Å². The molecule has 2 aliphatic rings. The van der Waals surface area contributed by atoms with E-state index in [4.69, 9.17) is 14.5 Å². The summed E-state index contributed by atoms with van der Waals surface area (Å²) in [5.41, 5.74) is 2.06. The van der Waals surface area contributed by atoms with E-state index in [1.54, 1.807) is 0 Å². The largest absolute Gasteiger partial charge is 0.379 e. The van der Waals surface area contributed by atoms with Crippen molar-refractivity contribution in [2.24, 2.45) is 4.99 Å². The number of ether oxygens (including phenoxy) is 2. The lowest BCUT2D eigenvalue weighted by molar-refractivity contribution is -0.116. The number of hydrogen-bond acceptors (Lipinski definition) is 4. The van der Waals surface area contributed by atoms with Gasteiger partial charge >= 0.3 is 0 Å². The second-order valence-electron chi connectivity index (χ2n) is 7.25. The lowest BCUT2D eigenvalue weighted by atomic mass is 9.91. The Morgan fingerprint density at radius 1 is 1.36 bits per heavy atom. The molecule has 3 rings (SSSR count). The van der Waals surface area contributed by atoms with E-state index in [1.807, 2.05) is 25.1 Å². The summed E-state index contributed by atoms with van der Waals surface area (Å²) in [6, 6.07) is 7.97. The summed E-state index contributed by atoms with van der Waals surface area (Å²) in [6.07, 6.45) is 3.91. The molecule has 7 heteroatoms. The Hall–Kier alpha value is -2.12. The molecule has 28 heavy (non-hydrogen) atoms. The first-order valence-electron chi connectivity index (χ1n) is 10.4. The molecule has 1 aromatic rings. The van der Waals surface area contributed by atoms with Gasteiger partial charge in [-0.05, 0) is 37.8 Å².